The van der Waals surface area contributed by atoms with Gasteiger partial charge in [0.05, 0.1) is 5.41 Å². The molecule has 0 rings (SSSR count). The van der Waals surface area contributed by atoms with Gasteiger partial charge in [0.25, 0.3) is 0 Å². The molecule has 0 fully saturated rings. The van der Waals surface area contributed by atoms with Crippen molar-refractivity contribution in [2.45, 2.75) is 73.6 Å². The van der Waals surface area contributed by atoms with Gasteiger partial charge in [0, 0.05) is 6.54 Å². The lowest BCUT2D eigenvalue weighted by molar-refractivity contribution is -0.135. The summed E-state index contributed by atoms with van der Waals surface area (Å²) < 4.78 is 0. The topological polar surface area (TPSA) is 29.1 Å². The van der Waals surface area contributed by atoms with Gasteiger partial charge in [-0.15, -0.1) is 0 Å². The Balaban J connectivity index is 4.06. The van der Waals surface area contributed by atoms with Crippen molar-refractivity contribution in [2.75, 3.05) is 6.54 Å². The molecule has 0 aliphatic heterocycles. The summed E-state index contributed by atoms with van der Waals surface area (Å²) in [7, 11) is 0. The maximum atomic E-state index is 12.3. The molecule has 0 radical (unpaired) electrons. The van der Waals surface area contributed by atoms with E-state index in [-0.39, 0.29) is 11.3 Å². The van der Waals surface area contributed by atoms with Crippen LogP contribution in [0.1, 0.15) is 73.6 Å². The number of rotatable bonds is 9. The first-order valence-corrected chi connectivity index (χ1v) is 7.65. The fourth-order valence-electron chi connectivity index (χ4n) is 2.31. The van der Waals surface area contributed by atoms with Crippen molar-refractivity contribution in [2.24, 2.45) is 17.3 Å². The summed E-state index contributed by atoms with van der Waals surface area (Å²) in [5.41, 5.74) is -0.247. The first-order valence-electron chi connectivity index (χ1n) is 7.65. The summed E-state index contributed by atoms with van der Waals surface area (Å²) in [6.45, 7) is 13.7. The highest BCUT2D eigenvalue weighted by molar-refractivity contribution is 5.82. The summed E-state index contributed by atoms with van der Waals surface area (Å²) >= 11 is 0. The highest BCUT2D eigenvalue weighted by Gasteiger charge is 2.39. The second-order valence-corrected chi connectivity index (χ2v) is 6.26. The molecule has 0 aromatic heterocycles. The average molecular weight is 255 g/mol. The van der Waals surface area contributed by atoms with Crippen LogP contribution in [0.3, 0.4) is 0 Å². The van der Waals surface area contributed by atoms with E-state index in [1.165, 1.54) is 25.7 Å². The van der Waals surface area contributed by atoms with Gasteiger partial charge in [0.15, 0.2) is 0 Å². The van der Waals surface area contributed by atoms with Crippen LogP contribution in [0.5, 0.6) is 0 Å². The zero-order chi connectivity index (χ0) is 14.2. The minimum Gasteiger partial charge on any atom is -0.356 e. The normalized spacial score (nSPS) is 12.2. The quantitative estimate of drug-likeness (QED) is 0.608. The molecule has 0 atom stereocenters. The van der Waals surface area contributed by atoms with Gasteiger partial charge in [-0.2, -0.15) is 0 Å². The van der Waals surface area contributed by atoms with E-state index in [4.69, 9.17) is 0 Å². The molecule has 2 heteroatoms. The number of carbonyl (C=O) groups excluding carboxylic acids is 1. The van der Waals surface area contributed by atoms with Crippen LogP contribution in [0.15, 0.2) is 0 Å². The van der Waals surface area contributed by atoms with Gasteiger partial charge < -0.3 is 5.32 Å². The fraction of sp³-hybridized carbons (Fsp3) is 0.938. The van der Waals surface area contributed by atoms with Crippen molar-refractivity contribution in [1.29, 1.82) is 0 Å². The van der Waals surface area contributed by atoms with Gasteiger partial charge in [-0.3, -0.25) is 4.79 Å². The Labute approximate surface area is 114 Å². The molecule has 0 heterocycles. The van der Waals surface area contributed by atoms with Crippen LogP contribution in [0.2, 0.25) is 0 Å². The van der Waals surface area contributed by atoms with Crippen LogP contribution < -0.4 is 5.32 Å². The van der Waals surface area contributed by atoms with Crippen LogP contribution in [-0.4, -0.2) is 12.5 Å². The molecule has 1 amide bonds. The second-order valence-electron chi connectivity index (χ2n) is 6.26. The predicted molar refractivity (Wildman–Crippen MR) is 79.6 cm³/mol. The lowest BCUT2D eigenvalue weighted by Gasteiger charge is -2.36. The number of nitrogens with one attached hydrogen (secondary N) is 1. The third-order valence-corrected chi connectivity index (χ3v) is 4.45. The fourth-order valence-corrected chi connectivity index (χ4v) is 2.31. The Bertz CT molecular complexity index is 225. The van der Waals surface area contributed by atoms with E-state index in [1.807, 2.05) is 0 Å². The van der Waals surface area contributed by atoms with Crippen molar-refractivity contribution in [1.82, 2.24) is 5.32 Å². The van der Waals surface area contributed by atoms with Crippen LogP contribution >= 0.6 is 0 Å². The van der Waals surface area contributed by atoms with Gasteiger partial charge in [-0.25, -0.2) is 0 Å². The maximum Gasteiger partial charge on any atom is 0.226 e. The molecule has 0 saturated carbocycles. The molecule has 0 aliphatic rings. The van der Waals surface area contributed by atoms with Gasteiger partial charge in [-0.05, 0) is 18.3 Å². The number of hydrogen-bond acceptors (Lipinski definition) is 1. The number of hydrogen-bond donors (Lipinski definition) is 1. The predicted octanol–water partition coefficient (Wildman–Crippen LogP) is 4.39. The van der Waals surface area contributed by atoms with Crippen molar-refractivity contribution >= 4 is 5.91 Å². The van der Waals surface area contributed by atoms with Crippen LogP contribution in [0.25, 0.3) is 0 Å². The summed E-state index contributed by atoms with van der Waals surface area (Å²) in [5.74, 6) is 0.971. The smallest absolute Gasteiger partial charge is 0.226 e. The molecule has 1 N–H and O–H groups in total. The first-order chi connectivity index (χ1) is 8.37. The van der Waals surface area contributed by atoms with Crippen LogP contribution in [0.4, 0.5) is 0 Å². The minimum atomic E-state index is -0.247. The van der Waals surface area contributed by atoms with E-state index in [2.05, 4.69) is 46.9 Å². The van der Waals surface area contributed by atoms with Gasteiger partial charge in [-0.1, -0.05) is 67.2 Å². The zero-order valence-corrected chi connectivity index (χ0v) is 13.3. The molecule has 0 bridgehead atoms. The third kappa shape index (κ3) is 4.99. The van der Waals surface area contributed by atoms with Gasteiger partial charge in [0.2, 0.25) is 5.91 Å². The SMILES string of the molecule is CCCCCCCNC(=O)C(C)(C(C)C)C(C)C. The average Bonchev–Trinajstić information content (AvgIpc) is 2.31. The van der Waals surface area contributed by atoms with Crippen molar-refractivity contribution < 1.29 is 4.79 Å². The number of unbranched alkanes of at least 4 members (excludes halogenated alkanes) is 4. The van der Waals surface area contributed by atoms with E-state index in [0.29, 0.717) is 11.8 Å². The molecule has 0 unspecified atom stereocenters. The largest absolute Gasteiger partial charge is 0.356 e. The van der Waals surface area contributed by atoms with Crippen molar-refractivity contribution in [3.63, 3.8) is 0 Å². The molecule has 0 saturated heterocycles. The van der Waals surface area contributed by atoms with Crippen molar-refractivity contribution in [3.05, 3.63) is 0 Å². The zero-order valence-electron chi connectivity index (χ0n) is 13.3. The van der Waals surface area contributed by atoms with E-state index in [9.17, 15) is 4.79 Å². The molecule has 2 nitrogen and oxygen atoms in total. The summed E-state index contributed by atoms with van der Waals surface area (Å²) in [4.78, 5) is 12.3. The molecule has 0 aromatic rings. The lowest BCUT2D eigenvalue weighted by atomic mass is 9.70. The number of amides is 1. The van der Waals surface area contributed by atoms with E-state index < -0.39 is 0 Å². The summed E-state index contributed by atoms with van der Waals surface area (Å²) in [5, 5.41) is 3.12. The molecule has 0 aliphatic carbocycles. The standard InChI is InChI=1S/C16H33NO/c1-7-8-9-10-11-12-17-15(18)16(6,13(2)3)14(4)5/h13-14H,7-12H2,1-6H3,(H,17,18). The monoisotopic (exact) mass is 255 g/mol. The Hall–Kier alpha value is -0.530. The van der Waals surface area contributed by atoms with Gasteiger partial charge in [0.1, 0.15) is 0 Å². The first kappa shape index (κ1) is 17.5. The molecular formula is C16H33NO. The molecule has 0 spiro atoms. The van der Waals surface area contributed by atoms with Crippen LogP contribution in [0, 0.1) is 17.3 Å². The van der Waals surface area contributed by atoms with Gasteiger partial charge >= 0.3 is 0 Å². The highest BCUT2D eigenvalue weighted by atomic mass is 16.2. The third-order valence-electron chi connectivity index (χ3n) is 4.45. The van der Waals surface area contributed by atoms with E-state index in [1.54, 1.807) is 0 Å². The molecule has 108 valence electrons. The molecule has 18 heavy (non-hydrogen) atoms. The van der Waals surface area contributed by atoms with Crippen molar-refractivity contribution in [3.8, 4) is 0 Å². The van der Waals surface area contributed by atoms with E-state index >= 15 is 0 Å². The maximum absolute atomic E-state index is 12.3. The minimum absolute atomic E-state index is 0.225. The molecular weight excluding hydrogens is 222 g/mol. The number of carbonyl (C=O) groups is 1. The summed E-state index contributed by atoms with van der Waals surface area (Å²) in [6.07, 6.45) is 6.21. The highest BCUT2D eigenvalue weighted by Crippen LogP contribution is 2.35. The molecule has 0 aromatic carbocycles. The Morgan fingerprint density at radius 1 is 1.00 bits per heavy atom. The van der Waals surface area contributed by atoms with E-state index in [0.717, 1.165) is 13.0 Å². The second kappa shape index (κ2) is 8.55. The lowest BCUT2D eigenvalue weighted by Crippen LogP contribution is -2.46. The Kier molecular flexibility index (Phi) is 8.30. The Morgan fingerprint density at radius 2 is 1.50 bits per heavy atom. The summed E-state index contributed by atoms with van der Waals surface area (Å²) in [6, 6.07) is 0. The van der Waals surface area contributed by atoms with Crippen LogP contribution in [-0.2, 0) is 4.79 Å². The Morgan fingerprint density at radius 3 is 1.94 bits per heavy atom.